The van der Waals surface area contributed by atoms with Gasteiger partial charge in [0.25, 0.3) is 5.69 Å². The molecule has 1 aromatic carbocycles. The molecule has 0 radical (unpaired) electrons. The van der Waals surface area contributed by atoms with E-state index >= 15 is 0 Å². The number of anilines is 1. The molecule has 0 spiro atoms. The monoisotopic (exact) mass is 306 g/mol. The smallest absolute Gasteiger partial charge is 0.269 e. The molecule has 0 aliphatic carbocycles. The van der Waals surface area contributed by atoms with Gasteiger partial charge in [0, 0.05) is 23.1 Å². The number of benzene rings is 1. The molecule has 1 aromatic heterocycles. The lowest BCUT2D eigenvalue weighted by atomic mass is 9.96. The molecule has 8 heteroatoms. The number of nitrogens with one attached hydrogen (secondary N) is 1. The minimum atomic E-state index is -0.515. The summed E-state index contributed by atoms with van der Waals surface area (Å²) in [6, 6.07) is 6.02. The van der Waals surface area contributed by atoms with E-state index in [-0.39, 0.29) is 11.6 Å². The van der Waals surface area contributed by atoms with Crippen molar-refractivity contribution in [2.24, 2.45) is 5.41 Å². The fourth-order valence-electron chi connectivity index (χ4n) is 1.40. The van der Waals surface area contributed by atoms with Gasteiger partial charge in [-0.15, -0.1) is 10.2 Å². The largest absolute Gasteiger partial charge is 0.300 e. The Kier molecular flexibility index (Phi) is 3.99. The summed E-state index contributed by atoms with van der Waals surface area (Å²) in [5.41, 5.74) is 0.220. The standard InChI is InChI=1S/C13H14N4O3S/c1-13(2,3)11(18)14-12-16-15-10(21-12)8-4-6-9(7-5-8)17(19)20/h4-7H,1-3H3,(H,14,16,18). The Morgan fingerprint density at radius 1 is 1.24 bits per heavy atom. The van der Waals surface area contributed by atoms with Crippen LogP contribution in [0, 0.1) is 15.5 Å². The zero-order chi connectivity index (χ0) is 15.6. The second-order valence-electron chi connectivity index (χ2n) is 5.42. The van der Waals surface area contributed by atoms with Crippen molar-refractivity contribution in [2.75, 3.05) is 5.32 Å². The predicted molar refractivity (Wildman–Crippen MR) is 80.1 cm³/mol. The third-order valence-electron chi connectivity index (χ3n) is 2.65. The highest BCUT2D eigenvalue weighted by atomic mass is 32.1. The van der Waals surface area contributed by atoms with Gasteiger partial charge in [-0.1, -0.05) is 32.1 Å². The second-order valence-corrected chi connectivity index (χ2v) is 6.40. The van der Waals surface area contributed by atoms with Crippen molar-refractivity contribution in [1.29, 1.82) is 0 Å². The molecule has 0 fully saturated rings. The van der Waals surface area contributed by atoms with Crippen LogP contribution in [0.2, 0.25) is 0 Å². The Hall–Kier alpha value is -2.35. The van der Waals surface area contributed by atoms with Gasteiger partial charge in [-0.2, -0.15) is 0 Å². The number of nitrogens with zero attached hydrogens (tertiary/aromatic N) is 3. The molecule has 21 heavy (non-hydrogen) atoms. The van der Waals surface area contributed by atoms with Crippen molar-refractivity contribution < 1.29 is 9.72 Å². The Labute approximate surface area is 125 Å². The summed E-state index contributed by atoms with van der Waals surface area (Å²) in [6.45, 7) is 5.42. The van der Waals surface area contributed by atoms with E-state index in [1.807, 2.05) is 0 Å². The SMILES string of the molecule is CC(C)(C)C(=O)Nc1nnc(-c2ccc([N+](=O)[O-])cc2)s1. The summed E-state index contributed by atoms with van der Waals surface area (Å²) in [6.07, 6.45) is 0. The van der Waals surface area contributed by atoms with Crippen LogP contribution in [0.15, 0.2) is 24.3 Å². The van der Waals surface area contributed by atoms with Crippen molar-refractivity contribution in [2.45, 2.75) is 20.8 Å². The topological polar surface area (TPSA) is 98.0 Å². The van der Waals surface area contributed by atoms with Crippen LogP contribution >= 0.6 is 11.3 Å². The van der Waals surface area contributed by atoms with Crippen LogP contribution < -0.4 is 5.32 Å². The number of hydrogen-bond donors (Lipinski definition) is 1. The molecular formula is C13H14N4O3S. The molecule has 0 bridgehead atoms. The summed E-state index contributed by atoms with van der Waals surface area (Å²) < 4.78 is 0. The van der Waals surface area contributed by atoms with Crippen molar-refractivity contribution in [3.05, 3.63) is 34.4 Å². The number of aromatic nitrogens is 2. The van der Waals surface area contributed by atoms with Crippen LogP contribution in [0.1, 0.15) is 20.8 Å². The quantitative estimate of drug-likeness (QED) is 0.694. The van der Waals surface area contributed by atoms with E-state index in [2.05, 4.69) is 15.5 Å². The van der Waals surface area contributed by atoms with Crippen LogP contribution in [0.5, 0.6) is 0 Å². The van der Waals surface area contributed by atoms with Crippen molar-refractivity contribution in [3.63, 3.8) is 0 Å². The molecule has 0 atom stereocenters. The van der Waals surface area contributed by atoms with Gasteiger partial charge in [0.1, 0.15) is 5.01 Å². The number of rotatable bonds is 3. The highest BCUT2D eigenvalue weighted by Crippen LogP contribution is 2.28. The number of amides is 1. The van der Waals surface area contributed by atoms with E-state index in [4.69, 9.17) is 0 Å². The van der Waals surface area contributed by atoms with Gasteiger partial charge in [-0.05, 0) is 12.1 Å². The molecule has 2 rings (SSSR count). The fraction of sp³-hybridized carbons (Fsp3) is 0.308. The second kappa shape index (κ2) is 5.57. The van der Waals surface area contributed by atoms with Crippen LogP contribution in [0.4, 0.5) is 10.8 Å². The zero-order valence-corrected chi connectivity index (χ0v) is 12.6. The predicted octanol–water partition coefficient (Wildman–Crippen LogP) is 3.10. The maximum atomic E-state index is 11.9. The van der Waals surface area contributed by atoms with Gasteiger partial charge >= 0.3 is 0 Å². The highest BCUT2D eigenvalue weighted by Gasteiger charge is 2.22. The lowest BCUT2D eigenvalue weighted by molar-refractivity contribution is -0.384. The zero-order valence-electron chi connectivity index (χ0n) is 11.8. The molecule has 1 N–H and O–H groups in total. The molecular weight excluding hydrogens is 292 g/mol. The van der Waals surface area contributed by atoms with E-state index in [1.54, 1.807) is 32.9 Å². The third-order valence-corrected chi connectivity index (χ3v) is 3.54. The molecule has 0 saturated heterocycles. The van der Waals surface area contributed by atoms with Gasteiger partial charge in [0.15, 0.2) is 0 Å². The molecule has 2 aromatic rings. The van der Waals surface area contributed by atoms with Gasteiger partial charge in [0.05, 0.1) is 4.92 Å². The lowest BCUT2D eigenvalue weighted by Gasteiger charge is -2.15. The highest BCUT2D eigenvalue weighted by molar-refractivity contribution is 7.18. The number of nitro groups is 1. The van der Waals surface area contributed by atoms with E-state index in [0.717, 1.165) is 0 Å². The minimum Gasteiger partial charge on any atom is -0.300 e. The molecule has 0 saturated carbocycles. The van der Waals surface area contributed by atoms with Crippen molar-refractivity contribution in [1.82, 2.24) is 10.2 Å². The molecule has 1 heterocycles. The number of carbonyl (C=O) groups excluding carboxylic acids is 1. The average Bonchev–Trinajstić information content (AvgIpc) is 2.86. The third kappa shape index (κ3) is 3.60. The van der Waals surface area contributed by atoms with Crippen LogP contribution in [0.25, 0.3) is 10.6 Å². The van der Waals surface area contributed by atoms with Crippen molar-refractivity contribution >= 4 is 28.1 Å². The number of hydrogen-bond acceptors (Lipinski definition) is 6. The van der Waals surface area contributed by atoms with Crippen LogP contribution in [-0.2, 0) is 4.79 Å². The van der Waals surface area contributed by atoms with Gasteiger partial charge in [-0.3, -0.25) is 14.9 Å². The molecule has 0 aliphatic heterocycles. The summed E-state index contributed by atoms with van der Waals surface area (Å²) in [4.78, 5) is 22.0. The molecule has 0 unspecified atom stereocenters. The molecule has 110 valence electrons. The normalized spacial score (nSPS) is 11.2. The summed E-state index contributed by atoms with van der Waals surface area (Å²) in [7, 11) is 0. The summed E-state index contributed by atoms with van der Waals surface area (Å²) >= 11 is 1.22. The molecule has 1 amide bonds. The maximum absolute atomic E-state index is 11.9. The first kappa shape index (κ1) is 15.0. The lowest BCUT2D eigenvalue weighted by Crippen LogP contribution is -2.27. The minimum absolute atomic E-state index is 0.0181. The Balaban J connectivity index is 2.16. The Morgan fingerprint density at radius 2 is 1.86 bits per heavy atom. The molecule has 0 aliphatic rings. The van der Waals surface area contributed by atoms with Gasteiger partial charge in [0.2, 0.25) is 11.0 Å². The van der Waals surface area contributed by atoms with Gasteiger partial charge in [-0.25, -0.2) is 0 Å². The maximum Gasteiger partial charge on any atom is 0.269 e. The van der Waals surface area contributed by atoms with Crippen molar-refractivity contribution in [3.8, 4) is 10.6 Å². The van der Waals surface area contributed by atoms with E-state index in [1.165, 1.54) is 23.5 Å². The first-order valence-corrected chi connectivity index (χ1v) is 6.99. The summed E-state index contributed by atoms with van der Waals surface area (Å²) in [5, 5.41) is 22.2. The average molecular weight is 306 g/mol. The number of non-ortho nitro benzene ring substituents is 1. The summed E-state index contributed by atoms with van der Waals surface area (Å²) in [5.74, 6) is -0.145. The van der Waals surface area contributed by atoms with Crippen LogP contribution in [0.3, 0.4) is 0 Å². The Bertz CT molecular complexity index is 673. The Morgan fingerprint density at radius 3 is 2.38 bits per heavy atom. The van der Waals surface area contributed by atoms with Gasteiger partial charge < -0.3 is 5.32 Å². The van der Waals surface area contributed by atoms with E-state index in [0.29, 0.717) is 15.7 Å². The number of carbonyl (C=O) groups is 1. The fourth-order valence-corrected chi connectivity index (χ4v) is 2.14. The molecule has 7 nitrogen and oxygen atoms in total. The first-order valence-electron chi connectivity index (χ1n) is 6.17. The number of nitro benzene ring substituents is 1. The van der Waals surface area contributed by atoms with Crippen LogP contribution in [-0.4, -0.2) is 21.0 Å². The van der Waals surface area contributed by atoms with E-state index < -0.39 is 10.3 Å². The van der Waals surface area contributed by atoms with E-state index in [9.17, 15) is 14.9 Å². The first-order chi connectivity index (χ1) is 9.77.